The maximum atomic E-state index is 12.7. The number of H-pyrrole nitrogens is 1. The predicted molar refractivity (Wildman–Crippen MR) is 100 cm³/mol. The number of pyridine rings is 1. The van der Waals surface area contributed by atoms with Gasteiger partial charge in [0.05, 0.1) is 19.0 Å². The van der Waals surface area contributed by atoms with Crippen molar-refractivity contribution in [1.29, 1.82) is 0 Å². The fourth-order valence-electron chi connectivity index (χ4n) is 2.99. The summed E-state index contributed by atoms with van der Waals surface area (Å²) in [7, 11) is 1.41. The summed E-state index contributed by atoms with van der Waals surface area (Å²) in [4.78, 5) is 29.3. The molecule has 144 valence electrons. The van der Waals surface area contributed by atoms with Crippen LogP contribution in [-0.4, -0.2) is 53.2 Å². The predicted octanol–water partition coefficient (Wildman–Crippen LogP) is 1.51. The molecule has 0 saturated carbocycles. The molecule has 1 saturated heterocycles. The van der Waals surface area contributed by atoms with Crippen molar-refractivity contribution < 1.29 is 14.3 Å². The van der Waals surface area contributed by atoms with E-state index in [1.54, 1.807) is 13.0 Å². The van der Waals surface area contributed by atoms with E-state index < -0.39 is 5.91 Å². The van der Waals surface area contributed by atoms with Gasteiger partial charge >= 0.3 is 0 Å². The zero-order valence-electron chi connectivity index (χ0n) is 15.1. The van der Waals surface area contributed by atoms with Crippen LogP contribution in [-0.2, 0) is 0 Å². The molecule has 3 heterocycles. The van der Waals surface area contributed by atoms with Gasteiger partial charge in [0.25, 0.3) is 11.8 Å². The van der Waals surface area contributed by atoms with Crippen LogP contribution < -0.4 is 20.7 Å². The van der Waals surface area contributed by atoms with Crippen molar-refractivity contribution in [3.63, 3.8) is 0 Å². The highest BCUT2D eigenvalue weighted by Gasteiger charge is 2.23. The largest absolute Gasteiger partial charge is 0.480 e. The van der Waals surface area contributed by atoms with Crippen LogP contribution in [0.2, 0.25) is 5.15 Å². The monoisotopic (exact) mass is 392 g/mol. The molecule has 10 heteroatoms. The number of piperidine rings is 1. The number of hydrogen-bond donors (Lipinski definition) is 4. The molecule has 2 amide bonds. The van der Waals surface area contributed by atoms with Gasteiger partial charge in [0, 0.05) is 6.04 Å². The van der Waals surface area contributed by atoms with E-state index in [0.717, 1.165) is 25.9 Å². The summed E-state index contributed by atoms with van der Waals surface area (Å²) in [5, 5.41) is 15.6. The second kappa shape index (κ2) is 8.36. The minimum Gasteiger partial charge on any atom is -0.480 e. The van der Waals surface area contributed by atoms with Crippen LogP contribution in [0.1, 0.15) is 39.3 Å². The molecule has 2 aromatic rings. The van der Waals surface area contributed by atoms with E-state index >= 15 is 0 Å². The van der Waals surface area contributed by atoms with Gasteiger partial charge in [-0.1, -0.05) is 11.6 Å². The number of ether oxygens (including phenoxy) is 1. The Kier molecular flexibility index (Phi) is 5.92. The van der Waals surface area contributed by atoms with Gasteiger partial charge in [-0.3, -0.25) is 14.7 Å². The molecule has 0 aromatic carbocycles. The summed E-state index contributed by atoms with van der Waals surface area (Å²) in [6.45, 7) is 3.45. The Morgan fingerprint density at radius 3 is 2.74 bits per heavy atom. The highest BCUT2D eigenvalue weighted by molar-refractivity contribution is 6.29. The Balaban J connectivity index is 1.76. The minimum atomic E-state index is -0.467. The standard InChI is InChI=1S/C17H21ClN6O3/c1-9-7-12(18)23-17(27-2)13(9)15(25)22-11-8-20-24-14(11)16(26)21-10-3-5-19-6-4-10/h7-8,10,19H,3-6H2,1-2H3,(H,20,24)(H,21,26)(H,22,25). The zero-order chi connectivity index (χ0) is 19.4. The number of aryl methyl sites for hydroxylation is 1. The molecular weight excluding hydrogens is 372 g/mol. The van der Waals surface area contributed by atoms with Gasteiger partial charge in [-0.2, -0.15) is 5.10 Å². The molecule has 1 fully saturated rings. The van der Waals surface area contributed by atoms with Crippen molar-refractivity contribution >= 4 is 29.1 Å². The summed E-state index contributed by atoms with van der Waals surface area (Å²) >= 11 is 5.91. The van der Waals surface area contributed by atoms with Crippen molar-refractivity contribution in [2.75, 3.05) is 25.5 Å². The van der Waals surface area contributed by atoms with Crippen LogP contribution in [0.4, 0.5) is 5.69 Å². The maximum Gasteiger partial charge on any atom is 0.271 e. The number of amides is 2. The maximum absolute atomic E-state index is 12.7. The highest BCUT2D eigenvalue weighted by atomic mass is 35.5. The Hall–Kier alpha value is -2.65. The second-order valence-corrected chi connectivity index (χ2v) is 6.64. The summed E-state index contributed by atoms with van der Waals surface area (Å²) in [5.41, 5.74) is 1.32. The number of rotatable bonds is 5. The molecule has 0 unspecified atom stereocenters. The van der Waals surface area contributed by atoms with Crippen molar-refractivity contribution in [2.45, 2.75) is 25.8 Å². The fourth-order valence-corrected chi connectivity index (χ4v) is 3.23. The quantitative estimate of drug-likeness (QED) is 0.572. The van der Waals surface area contributed by atoms with E-state index in [1.165, 1.54) is 13.3 Å². The molecule has 9 nitrogen and oxygen atoms in total. The molecular formula is C17H21ClN6O3. The van der Waals surface area contributed by atoms with Gasteiger partial charge in [-0.15, -0.1) is 0 Å². The average molecular weight is 393 g/mol. The third kappa shape index (κ3) is 4.37. The summed E-state index contributed by atoms with van der Waals surface area (Å²) in [5.74, 6) is -0.667. The first kappa shape index (κ1) is 19.1. The second-order valence-electron chi connectivity index (χ2n) is 6.26. The van der Waals surface area contributed by atoms with E-state index in [0.29, 0.717) is 5.56 Å². The number of nitrogens with zero attached hydrogens (tertiary/aromatic N) is 2. The van der Waals surface area contributed by atoms with E-state index in [1.807, 2.05) is 0 Å². The normalized spacial score (nSPS) is 14.6. The van der Waals surface area contributed by atoms with Gasteiger partial charge in [0.1, 0.15) is 16.4 Å². The van der Waals surface area contributed by atoms with Crippen molar-refractivity contribution in [1.82, 2.24) is 25.8 Å². The summed E-state index contributed by atoms with van der Waals surface area (Å²) < 4.78 is 5.16. The lowest BCUT2D eigenvalue weighted by molar-refractivity contribution is 0.0925. The van der Waals surface area contributed by atoms with Crippen LogP contribution in [0.15, 0.2) is 12.3 Å². The number of anilines is 1. The van der Waals surface area contributed by atoms with E-state index in [9.17, 15) is 9.59 Å². The zero-order valence-corrected chi connectivity index (χ0v) is 15.8. The molecule has 1 aliphatic heterocycles. The van der Waals surface area contributed by atoms with Gasteiger partial charge < -0.3 is 20.7 Å². The van der Waals surface area contributed by atoms with Crippen LogP contribution in [0.3, 0.4) is 0 Å². The Bertz CT molecular complexity index is 847. The molecule has 4 N–H and O–H groups in total. The van der Waals surface area contributed by atoms with Gasteiger partial charge in [-0.05, 0) is 44.5 Å². The third-order valence-corrected chi connectivity index (χ3v) is 4.56. The highest BCUT2D eigenvalue weighted by Crippen LogP contribution is 2.25. The molecule has 2 aromatic heterocycles. The average Bonchev–Trinajstić information content (AvgIpc) is 3.09. The molecule has 1 aliphatic rings. The molecule has 0 spiro atoms. The van der Waals surface area contributed by atoms with Gasteiger partial charge in [-0.25, -0.2) is 4.98 Å². The van der Waals surface area contributed by atoms with Crippen LogP contribution >= 0.6 is 11.6 Å². The first-order valence-corrected chi connectivity index (χ1v) is 8.94. The lowest BCUT2D eigenvalue weighted by Gasteiger charge is -2.23. The van der Waals surface area contributed by atoms with E-state index in [-0.39, 0.29) is 39.9 Å². The number of halogens is 1. The number of methoxy groups -OCH3 is 1. The van der Waals surface area contributed by atoms with Crippen LogP contribution in [0, 0.1) is 6.92 Å². The van der Waals surface area contributed by atoms with Crippen LogP contribution in [0.25, 0.3) is 0 Å². The number of carbonyl (C=O) groups excluding carboxylic acids is 2. The molecule has 0 bridgehead atoms. The minimum absolute atomic E-state index is 0.0911. The number of nitrogens with one attached hydrogen (secondary N) is 4. The van der Waals surface area contributed by atoms with Gasteiger partial charge in [0.15, 0.2) is 0 Å². The Labute approximate surface area is 161 Å². The topological polar surface area (TPSA) is 121 Å². The number of carbonyl (C=O) groups is 2. The van der Waals surface area contributed by atoms with E-state index in [4.69, 9.17) is 16.3 Å². The Morgan fingerprint density at radius 2 is 2.04 bits per heavy atom. The van der Waals surface area contributed by atoms with Crippen molar-refractivity contribution in [2.24, 2.45) is 0 Å². The number of aromatic amines is 1. The third-order valence-electron chi connectivity index (χ3n) is 4.36. The molecule has 0 atom stereocenters. The molecule has 27 heavy (non-hydrogen) atoms. The summed E-state index contributed by atoms with van der Waals surface area (Å²) in [6, 6.07) is 1.66. The Morgan fingerprint density at radius 1 is 1.30 bits per heavy atom. The van der Waals surface area contributed by atoms with Crippen LogP contribution in [0.5, 0.6) is 5.88 Å². The first-order chi connectivity index (χ1) is 13.0. The molecule has 3 rings (SSSR count). The first-order valence-electron chi connectivity index (χ1n) is 8.57. The van der Waals surface area contributed by atoms with Gasteiger partial charge in [0.2, 0.25) is 5.88 Å². The fraction of sp³-hybridized carbons (Fsp3) is 0.412. The molecule has 0 radical (unpaired) electrons. The van der Waals surface area contributed by atoms with E-state index in [2.05, 4.69) is 31.1 Å². The lowest BCUT2D eigenvalue weighted by atomic mass is 10.1. The number of hydrogen-bond acceptors (Lipinski definition) is 6. The van der Waals surface area contributed by atoms with Crippen molar-refractivity contribution in [3.8, 4) is 5.88 Å². The number of aromatic nitrogens is 3. The smallest absolute Gasteiger partial charge is 0.271 e. The SMILES string of the molecule is COc1nc(Cl)cc(C)c1C(=O)Nc1cn[nH]c1C(=O)NC1CCNCC1. The van der Waals surface area contributed by atoms with Crippen molar-refractivity contribution in [3.05, 3.63) is 34.2 Å². The molecule has 0 aliphatic carbocycles. The lowest BCUT2D eigenvalue weighted by Crippen LogP contribution is -2.43. The summed E-state index contributed by atoms with van der Waals surface area (Å²) in [6.07, 6.45) is 3.10.